The van der Waals surface area contributed by atoms with Crippen molar-refractivity contribution in [3.63, 3.8) is 0 Å². The molecule has 0 bridgehead atoms. The molecule has 0 spiro atoms. The highest BCUT2D eigenvalue weighted by Crippen LogP contribution is 2.60. The van der Waals surface area contributed by atoms with Crippen molar-refractivity contribution in [2.24, 2.45) is 23.2 Å². The van der Waals surface area contributed by atoms with Crippen molar-refractivity contribution in [2.75, 3.05) is 0 Å². The van der Waals surface area contributed by atoms with E-state index < -0.39 is 5.60 Å². The van der Waals surface area contributed by atoms with Crippen LogP contribution in [0, 0.1) is 34.5 Å². The number of carbonyl (C=O) groups excluding carboxylic acids is 1. The van der Waals surface area contributed by atoms with Crippen LogP contribution < -0.4 is 0 Å². The van der Waals surface area contributed by atoms with Crippen LogP contribution in [0.25, 0.3) is 0 Å². The Labute approximate surface area is 219 Å². The third kappa shape index (κ3) is 7.58. The highest BCUT2D eigenvalue weighted by atomic mass is 16.5. The molecule has 3 rings (SSSR count). The molecule has 36 heavy (non-hydrogen) atoms. The van der Waals surface area contributed by atoms with Gasteiger partial charge in [-0.2, -0.15) is 5.26 Å². The van der Waals surface area contributed by atoms with Crippen LogP contribution in [0.15, 0.2) is 35.5 Å². The van der Waals surface area contributed by atoms with Gasteiger partial charge in [-0.15, -0.1) is 0 Å². The van der Waals surface area contributed by atoms with Gasteiger partial charge >= 0.3 is 5.97 Å². The molecule has 4 nitrogen and oxygen atoms in total. The summed E-state index contributed by atoms with van der Waals surface area (Å²) < 4.78 is 5.72. The average molecular weight is 496 g/mol. The Morgan fingerprint density at radius 1 is 1.28 bits per heavy atom. The molecule has 0 aliphatic heterocycles. The summed E-state index contributed by atoms with van der Waals surface area (Å²) in [5.41, 5.74) is 3.82. The molecule has 3 aliphatic carbocycles. The molecule has 3 saturated carbocycles. The first-order chi connectivity index (χ1) is 17.0. The lowest BCUT2D eigenvalue weighted by Gasteiger charge is -2.44. The normalized spacial score (nSPS) is 31.8. The Balaban J connectivity index is 1.63. The Morgan fingerprint density at radius 2 is 2.06 bits per heavy atom. The number of esters is 1. The van der Waals surface area contributed by atoms with E-state index in [4.69, 9.17) is 10.00 Å². The van der Waals surface area contributed by atoms with E-state index in [-0.39, 0.29) is 12.1 Å². The van der Waals surface area contributed by atoms with Crippen molar-refractivity contribution in [1.82, 2.24) is 0 Å². The monoisotopic (exact) mass is 495 g/mol. The summed E-state index contributed by atoms with van der Waals surface area (Å²) in [6.45, 7) is 13.1. The van der Waals surface area contributed by atoms with E-state index in [1.807, 2.05) is 13.8 Å². The van der Waals surface area contributed by atoms with Gasteiger partial charge in [0.2, 0.25) is 0 Å². The van der Waals surface area contributed by atoms with E-state index in [9.17, 15) is 9.90 Å². The number of allylic oxidation sites excluding steroid dienone is 4. The molecule has 0 saturated heterocycles. The van der Waals surface area contributed by atoms with Crippen molar-refractivity contribution in [3.8, 4) is 6.07 Å². The summed E-state index contributed by atoms with van der Waals surface area (Å²) in [5, 5.41) is 18.8. The number of hydrogen-bond acceptors (Lipinski definition) is 4. The minimum Gasteiger partial charge on any atom is -0.462 e. The number of aliphatic hydroxyl groups is 1. The maximum atomic E-state index is 12.1. The van der Waals surface area contributed by atoms with Crippen LogP contribution in [0.3, 0.4) is 0 Å². The van der Waals surface area contributed by atoms with Crippen molar-refractivity contribution in [1.29, 1.82) is 5.26 Å². The molecule has 0 amide bonds. The third-order valence-corrected chi connectivity index (χ3v) is 9.31. The van der Waals surface area contributed by atoms with Crippen LogP contribution in [0.2, 0.25) is 0 Å². The van der Waals surface area contributed by atoms with Gasteiger partial charge in [-0.05, 0) is 100 Å². The fraction of sp³-hybridized carbons (Fsp3) is 0.750. The van der Waals surface area contributed by atoms with Gasteiger partial charge in [-0.1, -0.05) is 56.6 Å². The van der Waals surface area contributed by atoms with Gasteiger partial charge in [0.05, 0.1) is 11.7 Å². The first kappa shape index (κ1) is 28.7. The lowest BCUT2D eigenvalue weighted by Crippen LogP contribution is -2.36. The lowest BCUT2D eigenvalue weighted by atomic mass is 9.60. The number of hydrogen-bond donors (Lipinski definition) is 1. The van der Waals surface area contributed by atoms with E-state index in [0.717, 1.165) is 38.0 Å². The Kier molecular flexibility index (Phi) is 10.0. The van der Waals surface area contributed by atoms with Crippen molar-refractivity contribution < 1.29 is 14.6 Å². The molecular formula is C32H49NO3. The van der Waals surface area contributed by atoms with Gasteiger partial charge in [-0.25, -0.2) is 0 Å². The van der Waals surface area contributed by atoms with Gasteiger partial charge in [0.1, 0.15) is 6.10 Å². The van der Waals surface area contributed by atoms with Gasteiger partial charge in [0, 0.05) is 19.3 Å². The molecule has 3 fully saturated rings. The standard InChI is InChI=1S/C32H49NO3/c1-23-13-16-27(36-30(34)12-6-7-21-33)22-26(23)15-14-25-11-9-20-32(5)28(17-18-29(25)32)24(2)10-8-19-31(3,4)35/h14-15,24,27-29,35H,1,6-13,16-20,22H2,2-5H3. The molecule has 5 unspecified atom stereocenters. The number of nitrogens with zero attached hydrogens (tertiary/aromatic N) is 1. The number of rotatable bonds is 10. The fourth-order valence-electron chi connectivity index (χ4n) is 7.31. The number of fused-ring (bicyclic) bond motifs is 1. The van der Waals surface area contributed by atoms with Crippen molar-refractivity contribution in [2.45, 2.75) is 129 Å². The predicted molar refractivity (Wildman–Crippen MR) is 146 cm³/mol. The van der Waals surface area contributed by atoms with Gasteiger partial charge in [0.15, 0.2) is 0 Å². The van der Waals surface area contributed by atoms with Crippen LogP contribution in [-0.2, 0) is 9.53 Å². The first-order valence-corrected chi connectivity index (χ1v) is 14.4. The fourth-order valence-corrected chi connectivity index (χ4v) is 7.31. The van der Waals surface area contributed by atoms with E-state index in [1.165, 1.54) is 49.7 Å². The van der Waals surface area contributed by atoms with Gasteiger partial charge in [-0.3, -0.25) is 4.79 Å². The molecule has 0 aromatic rings. The maximum absolute atomic E-state index is 12.1. The van der Waals surface area contributed by atoms with E-state index in [2.05, 4.69) is 38.6 Å². The van der Waals surface area contributed by atoms with E-state index >= 15 is 0 Å². The molecular weight excluding hydrogens is 446 g/mol. The topological polar surface area (TPSA) is 70.3 Å². The zero-order valence-corrected chi connectivity index (χ0v) is 23.3. The highest BCUT2D eigenvalue weighted by molar-refractivity contribution is 5.69. The summed E-state index contributed by atoms with van der Waals surface area (Å²) in [7, 11) is 0. The summed E-state index contributed by atoms with van der Waals surface area (Å²) in [4.78, 5) is 12.1. The Hall–Kier alpha value is -1.86. The van der Waals surface area contributed by atoms with Crippen LogP contribution in [0.5, 0.6) is 0 Å². The minimum absolute atomic E-state index is 0.0769. The van der Waals surface area contributed by atoms with Gasteiger partial charge in [0.25, 0.3) is 0 Å². The Bertz CT molecular complexity index is 886. The molecule has 0 aromatic carbocycles. The van der Waals surface area contributed by atoms with Crippen LogP contribution in [0.1, 0.15) is 118 Å². The molecule has 4 heteroatoms. The summed E-state index contributed by atoms with van der Waals surface area (Å²) in [6, 6.07) is 2.08. The minimum atomic E-state index is -0.562. The van der Waals surface area contributed by atoms with Crippen LogP contribution in [-0.4, -0.2) is 22.8 Å². The zero-order valence-electron chi connectivity index (χ0n) is 23.3. The predicted octanol–water partition coefficient (Wildman–Crippen LogP) is 7.98. The molecule has 200 valence electrons. The number of unbranched alkanes of at least 4 members (excludes halogenated alkanes) is 1. The second-order valence-corrected chi connectivity index (χ2v) is 12.7. The van der Waals surface area contributed by atoms with Crippen LogP contribution >= 0.6 is 0 Å². The zero-order chi connectivity index (χ0) is 26.3. The number of nitriles is 1. The molecule has 5 atom stereocenters. The molecule has 1 N–H and O–H groups in total. The summed E-state index contributed by atoms with van der Waals surface area (Å²) in [5.74, 6) is 1.93. The van der Waals surface area contributed by atoms with Crippen molar-refractivity contribution >= 4 is 5.97 Å². The lowest BCUT2D eigenvalue weighted by molar-refractivity contribution is -0.149. The third-order valence-electron chi connectivity index (χ3n) is 9.31. The second kappa shape index (κ2) is 12.6. The van der Waals surface area contributed by atoms with E-state index in [0.29, 0.717) is 36.5 Å². The van der Waals surface area contributed by atoms with Gasteiger partial charge < -0.3 is 9.84 Å². The highest BCUT2D eigenvalue weighted by Gasteiger charge is 2.50. The molecule has 3 aliphatic rings. The SMILES string of the molecule is C=C1CCC(OC(=O)CCCC#N)CC1=CC=C1CCCC2(C)C1CCC2C(C)CCCC(C)(C)O. The Morgan fingerprint density at radius 3 is 2.78 bits per heavy atom. The summed E-state index contributed by atoms with van der Waals surface area (Å²) >= 11 is 0. The number of ether oxygens (including phenoxy) is 1. The molecule has 0 heterocycles. The van der Waals surface area contributed by atoms with E-state index in [1.54, 1.807) is 5.57 Å². The smallest absolute Gasteiger partial charge is 0.306 e. The molecule has 0 radical (unpaired) electrons. The quantitative estimate of drug-likeness (QED) is 0.246. The van der Waals surface area contributed by atoms with Crippen molar-refractivity contribution in [3.05, 3.63) is 35.5 Å². The van der Waals surface area contributed by atoms with Crippen LogP contribution in [0.4, 0.5) is 0 Å². The molecule has 0 aromatic heterocycles. The maximum Gasteiger partial charge on any atom is 0.306 e. The number of carbonyl (C=O) groups is 1. The average Bonchev–Trinajstić information content (AvgIpc) is 3.16. The largest absolute Gasteiger partial charge is 0.462 e. The summed E-state index contributed by atoms with van der Waals surface area (Å²) in [6.07, 6.45) is 17.9. The second-order valence-electron chi connectivity index (χ2n) is 12.7. The first-order valence-electron chi connectivity index (χ1n) is 14.4.